The van der Waals surface area contributed by atoms with Crippen LogP contribution < -0.4 is 5.32 Å². The summed E-state index contributed by atoms with van der Waals surface area (Å²) in [6, 6.07) is 3.75. The highest BCUT2D eigenvalue weighted by molar-refractivity contribution is 6.31. The maximum absolute atomic E-state index is 11.7. The summed E-state index contributed by atoms with van der Waals surface area (Å²) in [5.41, 5.74) is -0.424. The van der Waals surface area contributed by atoms with Crippen LogP contribution in [0.2, 0.25) is 5.02 Å². The lowest BCUT2D eigenvalue weighted by Crippen LogP contribution is -2.25. The third-order valence-corrected chi connectivity index (χ3v) is 2.21. The lowest BCUT2D eigenvalue weighted by molar-refractivity contribution is -0.385. The van der Waals surface area contributed by atoms with Gasteiger partial charge in [0.1, 0.15) is 5.56 Å². The highest BCUT2D eigenvalue weighted by Crippen LogP contribution is 2.22. The van der Waals surface area contributed by atoms with E-state index in [0.717, 1.165) is 0 Å². The van der Waals surface area contributed by atoms with E-state index in [0.29, 0.717) is 0 Å². The molecule has 7 heteroatoms. The summed E-state index contributed by atoms with van der Waals surface area (Å²) in [6.07, 6.45) is 0. The van der Waals surface area contributed by atoms with Gasteiger partial charge >= 0.3 is 0 Å². The molecule has 0 saturated heterocycles. The quantitative estimate of drug-likeness (QED) is 0.678. The Bertz CT molecular complexity index is 488. The zero-order valence-electron chi connectivity index (χ0n) is 8.57. The van der Waals surface area contributed by atoms with Crippen molar-refractivity contribution in [2.24, 2.45) is 0 Å². The first-order valence-corrected chi connectivity index (χ1v) is 5.23. The van der Waals surface area contributed by atoms with Gasteiger partial charge in [-0.05, 0) is 12.1 Å². The van der Waals surface area contributed by atoms with Gasteiger partial charge in [-0.2, -0.15) is 0 Å². The second-order valence-electron chi connectivity index (χ2n) is 3.12. The first kappa shape index (κ1) is 13.5. The van der Waals surface area contributed by atoms with Gasteiger partial charge in [-0.3, -0.25) is 14.9 Å². The predicted molar refractivity (Wildman–Crippen MR) is 65.4 cm³/mol. The molecule has 1 rings (SSSR count). The van der Waals surface area contributed by atoms with Gasteiger partial charge in [0.25, 0.3) is 11.6 Å². The van der Waals surface area contributed by atoms with Gasteiger partial charge < -0.3 is 5.32 Å². The van der Waals surface area contributed by atoms with Crippen molar-refractivity contribution in [1.29, 1.82) is 0 Å². The summed E-state index contributed by atoms with van der Waals surface area (Å²) in [5, 5.41) is 13.6. The van der Waals surface area contributed by atoms with Gasteiger partial charge in [0, 0.05) is 16.1 Å². The number of carbonyl (C=O) groups is 1. The molecule has 90 valence electrons. The standard InChI is InChI=1S/C10H8Cl2N2O3/c1-6(11)5-13-10(15)8-4-7(12)2-3-9(8)14(16)17/h2-4H,1,5H2,(H,13,15). The average Bonchev–Trinajstić information content (AvgIpc) is 2.25. The number of nitro groups is 1. The number of amides is 1. The van der Waals surface area contributed by atoms with Crippen LogP contribution in [0.3, 0.4) is 0 Å². The Hall–Kier alpha value is -1.59. The molecule has 0 unspecified atom stereocenters. The zero-order valence-corrected chi connectivity index (χ0v) is 10.1. The predicted octanol–water partition coefficient (Wildman–Crippen LogP) is 2.73. The number of rotatable bonds is 4. The van der Waals surface area contributed by atoms with Crippen molar-refractivity contribution in [2.75, 3.05) is 6.54 Å². The third kappa shape index (κ3) is 3.72. The molecular formula is C10H8Cl2N2O3. The normalized spacial score (nSPS) is 9.76. The molecule has 17 heavy (non-hydrogen) atoms. The average molecular weight is 275 g/mol. The molecular weight excluding hydrogens is 267 g/mol. The van der Waals surface area contributed by atoms with Crippen LogP contribution in [-0.2, 0) is 0 Å². The SMILES string of the molecule is C=C(Cl)CNC(=O)c1cc(Cl)ccc1[N+](=O)[O-]. The molecule has 0 aromatic heterocycles. The maximum atomic E-state index is 11.7. The van der Waals surface area contributed by atoms with E-state index < -0.39 is 10.8 Å². The van der Waals surface area contributed by atoms with E-state index in [1.165, 1.54) is 18.2 Å². The van der Waals surface area contributed by atoms with E-state index in [1.807, 2.05) is 0 Å². The van der Waals surface area contributed by atoms with Gasteiger partial charge in [0.2, 0.25) is 0 Å². The van der Waals surface area contributed by atoms with Gasteiger partial charge in [-0.15, -0.1) is 0 Å². The van der Waals surface area contributed by atoms with Crippen LogP contribution in [0.25, 0.3) is 0 Å². The van der Waals surface area contributed by atoms with Gasteiger partial charge in [0.05, 0.1) is 11.5 Å². The molecule has 0 atom stereocenters. The van der Waals surface area contributed by atoms with E-state index >= 15 is 0 Å². The zero-order chi connectivity index (χ0) is 13.0. The number of nitro benzene ring substituents is 1. The van der Waals surface area contributed by atoms with Crippen molar-refractivity contribution in [2.45, 2.75) is 0 Å². The Morgan fingerprint density at radius 1 is 1.53 bits per heavy atom. The van der Waals surface area contributed by atoms with Gasteiger partial charge in [0.15, 0.2) is 0 Å². The van der Waals surface area contributed by atoms with Crippen LogP contribution in [-0.4, -0.2) is 17.4 Å². The fraction of sp³-hybridized carbons (Fsp3) is 0.100. The lowest BCUT2D eigenvalue weighted by Gasteiger charge is -2.05. The fourth-order valence-electron chi connectivity index (χ4n) is 1.12. The van der Waals surface area contributed by atoms with E-state index in [9.17, 15) is 14.9 Å². The summed E-state index contributed by atoms with van der Waals surface area (Å²) in [4.78, 5) is 21.7. The number of hydrogen-bond donors (Lipinski definition) is 1. The molecule has 0 aliphatic rings. The van der Waals surface area contributed by atoms with Gasteiger partial charge in [-0.1, -0.05) is 29.8 Å². The number of carbonyl (C=O) groups excluding carboxylic acids is 1. The Labute approximate surface area is 107 Å². The molecule has 0 radical (unpaired) electrons. The highest BCUT2D eigenvalue weighted by atomic mass is 35.5. The third-order valence-electron chi connectivity index (χ3n) is 1.84. The monoisotopic (exact) mass is 274 g/mol. The summed E-state index contributed by atoms with van der Waals surface area (Å²) < 4.78 is 0. The molecule has 1 amide bonds. The molecule has 1 aromatic carbocycles. The summed E-state index contributed by atoms with van der Waals surface area (Å²) in [6.45, 7) is 3.42. The minimum Gasteiger partial charge on any atom is -0.347 e. The number of nitrogens with one attached hydrogen (secondary N) is 1. The van der Waals surface area contributed by atoms with Crippen molar-refractivity contribution in [1.82, 2.24) is 5.32 Å². The van der Waals surface area contributed by atoms with Crippen LogP contribution in [0, 0.1) is 10.1 Å². The first-order valence-electron chi connectivity index (χ1n) is 4.47. The molecule has 0 heterocycles. The molecule has 1 N–H and O–H groups in total. The van der Waals surface area contributed by atoms with Crippen molar-refractivity contribution >= 4 is 34.8 Å². The van der Waals surface area contributed by atoms with Crippen LogP contribution in [0.4, 0.5) is 5.69 Å². The highest BCUT2D eigenvalue weighted by Gasteiger charge is 2.20. The van der Waals surface area contributed by atoms with Crippen molar-refractivity contribution in [3.05, 3.63) is 50.5 Å². The molecule has 0 saturated carbocycles. The number of nitrogens with zero attached hydrogens (tertiary/aromatic N) is 1. The van der Waals surface area contributed by atoms with Crippen molar-refractivity contribution < 1.29 is 9.72 Å². The van der Waals surface area contributed by atoms with E-state index in [-0.39, 0.29) is 27.9 Å². The second kappa shape index (κ2) is 5.65. The number of hydrogen-bond acceptors (Lipinski definition) is 3. The summed E-state index contributed by atoms with van der Waals surface area (Å²) in [5.74, 6) is -0.624. The topological polar surface area (TPSA) is 72.2 Å². The van der Waals surface area contributed by atoms with Crippen molar-refractivity contribution in [3.63, 3.8) is 0 Å². The summed E-state index contributed by atoms with van der Waals surface area (Å²) in [7, 11) is 0. The smallest absolute Gasteiger partial charge is 0.282 e. The largest absolute Gasteiger partial charge is 0.347 e. The van der Waals surface area contributed by atoms with Crippen LogP contribution in [0.1, 0.15) is 10.4 Å². The maximum Gasteiger partial charge on any atom is 0.282 e. The molecule has 5 nitrogen and oxygen atoms in total. The minimum atomic E-state index is -0.652. The Balaban J connectivity index is 3.02. The van der Waals surface area contributed by atoms with Crippen LogP contribution in [0.15, 0.2) is 29.8 Å². The Morgan fingerprint density at radius 2 is 2.18 bits per heavy atom. The molecule has 0 bridgehead atoms. The van der Waals surface area contributed by atoms with E-state index in [2.05, 4.69) is 11.9 Å². The lowest BCUT2D eigenvalue weighted by atomic mass is 10.1. The van der Waals surface area contributed by atoms with E-state index in [1.54, 1.807) is 0 Å². The number of benzene rings is 1. The fourth-order valence-corrected chi connectivity index (χ4v) is 1.36. The van der Waals surface area contributed by atoms with Crippen LogP contribution in [0.5, 0.6) is 0 Å². The first-order chi connectivity index (χ1) is 7.91. The minimum absolute atomic E-state index is 0.0318. The molecule has 1 aromatic rings. The van der Waals surface area contributed by atoms with Crippen molar-refractivity contribution in [3.8, 4) is 0 Å². The van der Waals surface area contributed by atoms with Crippen LogP contribution >= 0.6 is 23.2 Å². The molecule has 0 aliphatic carbocycles. The summed E-state index contributed by atoms with van der Waals surface area (Å²) >= 11 is 11.2. The Kier molecular flexibility index (Phi) is 4.48. The molecule has 0 spiro atoms. The number of halogens is 2. The van der Waals surface area contributed by atoms with Gasteiger partial charge in [-0.25, -0.2) is 0 Å². The molecule has 0 aliphatic heterocycles. The van der Waals surface area contributed by atoms with E-state index in [4.69, 9.17) is 23.2 Å². The molecule has 0 fully saturated rings. The second-order valence-corrected chi connectivity index (χ2v) is 4.09. The Morgan fingerprint density at radius 3 is 2.71 bits per heavy atom.